The zero-order valence-corrected chi connectivity index (χ0v) is 19.1. The van der Waals surface area contributed by atoms with Crippen molar-refractivity contribution < 1.29 is 22.7 Å². The zero-order chi connectivity index (χ0) is 22.4. The molecule has 1 saturated heterocycles. The number of carbonyl (C=O) groups is 1. The number of benzene rings is 2. The van der Waals surface area contributed by atoms with Gasteiger partial charge in [-0.05, 0) is 67.6 Å². The fraction of sp³-hybridized carbons (Fsp3) is 0.435. The van der Waals surface area contributed by atoms with Gasteiger partial charge in [0.1, 0.15) is 11.5 Å². The lowest BCUT2D eigenvalue weighted by Crippen LogP contribution is -2.45. The second-order valence-corrected chi connectivity index (χ2v) is 9.66. The molecule has 0 unspecified atom stereocenters. The van der Waals surface area contributed by atoms with Gasteiger partial charge in [-0.15, -0.1) is 0 Å². The molecule has 0 spiro atoms. The standard InChI is InChI=1S/C23H30N2O5S/c1-17-15-21(10-11-22(17)30-3)31(27,28)25-14-4-5-19(16-25)23(26)24-13-12-18-6-8-20(29-2)9-7-18/h6-11,15,19H,4-5,12-14,16H2,1-3H3,(H,24,26)/t19-/m0/s1. The molecule has 0 bridgehead atoms. The molecule has 8 heteroatoms. The van der Waals surface area contributed by atoms with Crippen molar-refractivity contribution in [2.45, 2.75) is 31.1 Å². The number of carbonyl (C=O) groups excluding carboxylic acids is 1. The van der Waals surface area contributed by atoms with E-state index in [2.05, 4.69) is 5.32 Å². The third-order valence-electron chi connectivity index (χ3n) is 5.63. The Morgan fingerprint density at radius 1 is 1.13 bits per heavy atom. The van der Waals surface area contributed by atoms with Crippen LogP contribution in [0.1, 0.15) is 24.0 Å². The highest BCUT2D eigenvalue weighted by atomic mass is 32.2. The third-order valence-corrected chi connectivity index (χ3v) is 7.49. The first-order valence-corrected chi connectivity index (χ1v) is 11.8. The molecule has 1 amide bonds. The zero-order valence-electron chi connectivity index (χ0n) is 18.3. The fourth-order valence-electron chi connectivity index (χ4n) is 3.80. The summed E-state index contributed by atoms with van der Waals surface area (Å²) >= 11 is 0. The molecule has 3 rings (SSSR count). The van der Waals surface area contributed by atoms with Crippen LogP contribution in [-0.2, 0) is 21.2 Å². The van der Waals surface area contributed by atoms with E-state index in [1.54, 1.807) is 32.4 Å². The van der Waals surface area contributed by atoms with Gasteiger partial charge in [-0.3, -0.25) is 4.79 Å². The summed E-state index contributed by atoms with van der Waals surface area (Å²) in [5.41, 5.74) is 1.86. The highest BCUT2D eigenvalue weighted by molar-refractivity contribution is 7.89. The minimum atomic E-state index is -3.66. The van der Waals surface area contributed by atoms with Crippen LogP contribution in [0.3, 0.4) is 0 Å². The van der Waals surface area contributed by atoms with Gasteiger partial charge in [-0.25, -0.2) is 8.42 Å². The Morgan fingerprint density at radius 2 is 1.87 bits per heavy atom. The van der Waals surface area contributed by atoms with E-state index in [4.69, 9.17) is 9.47 Å². The van der Waals surface area contributed by atoms with Gasteiger partial charge in [0.15, 0.2) is 0 Å². The van der Waals surface area contributed by atoms with Crippen LogP contribution in [-0.4, -0.2) is 52.5 Å². The predicted molar refractivity (Wildman–Crippen MR) is 119 cm³/mol. The van der Waals surface area contributed by atoms with Gasteiger partial charge >= 0.3 is 0 Å². The molecule has 1 fully saturated rings. The topological polar surface area (TPSA) is 84.9 Å². The second kappa shape index (κ2) is 10.2. The minimum absolute atomic E-state index is 0.0978. The Balaban J connectivity index is 1.58. The van der Waals surface area contributed by atoms with Crippen LogP contribution in [0, 0.1) is 12.8 Å². The van der Waals surface area contributed by atoms with Crippen LogP contribution in [0.5, 0.6) is 11.5 Å². The number of amides is 1. The van der Waals surface area contributed by atoms with Crippen LogP contribution < -0.4 is 14.8 Å². The van der Waals surface area contributed by atoms with Crippen LogP contribution in [0.4, 0.5) is 0 Å². The van der Waals surface area contributed by atoms with Crippen LogP contribution in [0.15, 0.2) is 47.4 Å². The van der Waals surface area contributed by atoms with Crippen molar-refractivity contribution in [2.24, 2.45) is 5.92 Å². The van der Waals surface area contributed by atoms with Gasteiger partial charge in [0.2, 0.25) is 15.9 Å². The Kier molecular flexibility index (Phi) is 7.56. The number of nitrogens with zero attached hydrogens (tertiary/aromatic N) is 1. The number of hydrogen-bond acceptors (Lipinski definition) is 5. The Bertz CT molecular complexity index is 1010. The molecule has 2 aromatic carbocycles. The summed E-state index contributed by atoms with van der Waals surface area (Å²) in [5, 5.41) is 2.96. The van der Waals surface area contributed by atoms with E-state index in [9.17, 15) is 13.2 Å². The van der Waals surface area contributed by atoms with Crippen LogP contribution in [0.2, 0.25) is 0 Å². The highest BCUT2D eigenvalue weighted by Crippen LogP contribution is 2.27. The molecular weight excluding hydrogens is 416 g/mol. The number of piperidine rings is 1. The molecule has 2 aromatic rings. The van der Waals surface area contributed by atoms with Crippen LogP contribution >= 0.6 is 0 Å². The number of rotatable bonds is 8. The van der Waals surface area contributed by atoms with Gasteiger partial charge in [0.25, 0.3) is 0 Å². The monoisotopic (exact) mass is 446 g/mol. The summed E-state index contributed by atoms with van der Waals surface area (Å²) in [6, 6.07) is 12.6. The van der Waals surface area contributed by atoms with Crippen molar-refractivity contribution in [3.05, 3.63) is 53.6 Å². The van der Waals surface area contributed by atoms with E-state index >= 15 is 0 Å². The summed E-state index contributed by atoms with van der Waals surface area (Å²) < 4.78 is 38.0. The van der Waals surface area contributed by atoms with Gasteiger partial charge in [-0.1, -0.05) is 12.1 Å². The largest absolute Gasteiger partial charge is 0.497 e. The van der Waals surface area contributed by atoms with Gasteiger partial charge in [-0.2, -0.15) is 4.31 Å². The molecule has 1 aliphatic heterocycles. The molecule has 1 N–H and O–H groups in total. The van der Waals surface area contributed by atoms with E-state index < -0.39 is 10.0 Å². The number of sulfonamides is 1. The number of ether oxygens (including phenoxy) is 2. The fourth-order valence-corrected chi connectivity index (χ4v) is 5.41. The highest BCUT2D eigenvalue weighted by Gasteiger charge is 2.33. The van der Waals surface area contributed by atoms with Gasteiger partial charge in [0.05, 0.1) is 25.0 Å². The van der Waals surface area contributed by atoms with E-state index in [0.29, 0.717) is 38.1 Å². The van der Waals surface area contributed by atoms with Crippen LogP contribution in [0.25, 0.3) is 0 Å². The number of hydrogen-bond donors (Lipinski definition) is 1. The molecular formula is C23H30N2O5S. The quantitative estimate of drug-likeness (QED) is 0.674. The summed E-state index contributed by atoms with van der Waals surface area (Å²) in [6.45, 7) is 2.93. The number of aryl methyl sites for hydroxylation is 1. The normalized spacial score (nSPS) is 17.2. The van der Waals surface area contributed by atoms with Crippen molar-refractivity contribution >= 4 is 15.9 Å². The molecule has 0 aromatic heterocycles. The minimum Gasteiger partial charge on any atom is -0.497 e. The Hall–Kier alpha value is -2.58. The summed E-state index contributed by atoms with van der Waals surface area (Å²) in [5.74, 6) is 0.994. The lowest BCUT2D eigenvalue weighted by atomic mass is 9.99. The Labute approximate surface area is 184 Å². The van der Waals surface area contributed by atoms with Crippen molar-refractivity contribution in [3.63, 3.8) is 0 Å². The maximum Gasteiger partial charge on any atom is 0.243 e. The molecule has 0 aliphatic carbocycles. The average Bonchev–Trinajstić information content (AvgIpc) is 2.79. The molecule has 0 radical (unpaired) electrons. The van der Waals surface area contributed by atoms with E-state index in [0.717, 1.165) is 16.9 Å². The molecule has 1 atom stereocenters. The van der Waals surface area contributed by atoms with Crippen molar-refractivity contribution in [1.29, 1.82) is 0 Å². The summed E-state index contributed by atoms with van der Waals surface area (Å²) in [6.07, 6.45) is 2.04. The van der Waals surface area contributed by atoms with E-state index in [-0.39, 0.29) is 23.3 Å². The van der Waals surface area contributed by atoms with Crippen molar-refractivity contribution in [1.82, 2.24) is 9.62 Å². The first kappa shape index (κ1) is 23.1. The SMILES string of the molecule is COc1ccc(CCNC(=O)[C@H]2CCCN(S(=O)(=O)c3ccc(OC)c(C)c3)C2)cc1. The number of methoxy groups -OCH3 is 2. The Morgan fingerprint density at radius 3 is 2.52 bits per heavy atom. The van der Waals surface area contributed by atoms with Crippen molar-refractivity contribution in [2.75, 3.05) is 33.9 Å². The summed E-state index contributed by atoms with van der Waals surface area (Å²) in [7, 11) is -0.482. The molecule has 0 saturated carbocycles. The second-order valence-electron chi connectivity index (χ2n) is 7.72. The molecule has 7 nitrogen and oxygen atoms in total. The molecule has 168 valence electrons. The summed E-state index contributed by atoms with van der Waals surface area (Å²) in [4.78, 5) is 12.9. The van der Waals surface area contributed by atoms with Gasteiger partial charge < -0.3 is 14.8 Å². The molecule has 31 heavy (non-hydrogen) atoms. The predicted octanol–water partition coefficient (Wildman–Crippen LogP) is 2.77. The number of nitrogens with one attached hydrogen (secondary N) is 1. The molecule has 1 aliphatic rings. The average molecular weight is 447 g/mol. The maximum absolute atomic E-state index is 13.1. The third kappa shape index (κ3) is 5.57. The maximum atomic E-state index is 13.1. The van der Waals surface area contributed by atoms with Gasteiger partial charge in [0, 0.05) is 19.6 Å². The molecule has 1 heterocycles. The lowest BCUT2D eigenvalue weighted by Gasteiger charge is -2.31. The first-order chi connectivity index (χ1) is 14.8. The van der Waals surface area contributed by atoms with Crippen molar-refractivity contribution in [3.8, 4) is 11.5 Å². The van der Waals surface area contributed by atoms with E-state index in [1.165, 1.54) is 4.31 Å². The first-order valence-electron chi connectivity index (χ1n) is 10.4. The smallest absolute Gasteiger partial charge is 0.243 e. The lowest BCUT2D eigenvalue weighted by molar-refractivity contribution is -0.126. The van der Waals surface area contributed by atoms with E-state index in [1.807, 2.05) is 31.2 Å².